The van der Waals surface area contributed by atoms with Crippen LogP contribution in [0.2, 0.25) is 0 Å². The van der Waals surface area contributed by atoms with Crippen LogP contribution in [0.15, 0.2) is 82.2 Å². The summed E-state index contributed by atoms with van der Waals surface area (Å²) in [6, 6.07) is 19.4. The molecule has 0 aromatic heterocycles. The maximum Gasteiger partial charge on any atom is 0.264 e. The van der Waals surface area contributed by atoms with Crippen molar-refractivity contribution in [3.05, 3.63) is 82.8 Å². The van der Waals surface area contributed by atoms with Crippen molar-refractivity contribution in [2.45, 2.75) is 75.9 Å². The molecule has 0 saturated heterocycles. The van der Waals surface area contributed by atoms with Crippen molar-refractivity contribution >= 4 is 43.5 Å². The molecule has 1 N–H and O–H groups in total. The van der Waals surface area contributed by atoms with E-state index in [0.717, 1.165) is 46.4 Å². The third-order valence-corrected chi connectivity index (χ3v) is 10.3. The molecule has 1 fully saturated rings. The van der Waals surface area contributed by atoms with E-state index in [9.17, 15) is 18.0 Å². The molecule has 0 bridgehead atoms. The van der Waals surface area contributed by atoms with Gasteiger partial charge in [0.1, 0.15) is 24.1 Å². The maximum atomic E-state index is 14.3. The molecule has 242 valence electrons. The molecular weight excluding hydrogens is 658 g/mol. The maximum absolute atomic E-state index is 14.3. The van der Waals surface area contributed by atoms with Crippen LogP contribution in [-0.2, 0) is 26.2 Å². The Morgan fingerprint density at radius 3 is 2.11 bits per heavy atom. The quantitative estimate of drug-likeness (QED) is 0.212. The van der Waals surface area contributed by atoms with Crippen LogP contribution in [0.1, 0.15) is 57.9 Å². The molecule has 1 aliphatic rings. The first-order chi connectivity index (χ1) is 21.7. The number of anilines is 1. The fraction of sp³-hybridized carbons (Fsp3) is 0.412. The predicted octanol–water partition coefficient (Wildman–Crippen LogP) is 6.31. The smallest absolute Gasteiger partial charge is 0.264 e. The fourth-order valence-corrected chi connectivity index (χ4v) is 7.21. The van der Waals surface area contributed by atoms with Gasteiger partial charge in [-0.3, -0.25) is 13.9 Å². The molecule has 0 spiro atoms. The highest BCUT2D eigenvalue weighted by atomic mass is 79.9. The van der Waals surface area contributed by atoms with Crippen LogP contribution in [0.5, 0.6) is 11.5 Å². The summed E-state index contributed by atoms with van der Waals surface area (Å²) in [5.41, 5.74) is 1.09. The zero-order chi connectivity index (χ0) is 32.4. The molecule has 11 heteroatoms. The molecule has 45 heavy (non-hydrogen) atoms. The molecule has 0 radical (unpaired) electrons. The number of amides is 2. The topological polar surface area (TPSA) is 105 Å². The lowest BCUT2D eigenvalue weighted by atomic mass is 9.95. The van der Waals surface area contributed by atoms with Gasteiger partial charge in [0, 0.05) is 17.1 Å². The van der Waals surface area contributed by atoms with Gasteiger partial charge in [0.2, 0.25) is 11.8 Å². The molecule has 3 aromatic rings. The third-order valence-electron chi connectivity index (χ3n) is 7.97. The zero-order valence-electron chi connectivity index (χ0n) is 26.1. The van der Waals surface area contributed by atoms with Crippen molar-refractivity contribution in [2.24, 2.45) is 0 Å². The summed E-state index contributed by atoms with van der Waals surface area (Å²) in [5, 5.41) is 3.17. The van der Waals surface area contributed by atoms with E-state index >= 15 is 0 Å². The van der Waals surface area contributed by atoms with Crippen molar-refractivity contribution in [2.75, 3.05) is 24.6 Å². The Morgan fingerprint density at radius 2 is 1.53 bits per heavy atom. The molecule has 1 aliphatic carbocycles. The normalized spacial score (nSPS) is 14.3. The number of methoxy groups -OCH3 is 1. The monoisotopic (exact) mass is 699 g/mol. The number of carbonyl (C=O) groups excluding carboxylic acids is 2. The fourth-order valence-electron chi connectivity index (χ4n) is 5.53. The van der Waals surface area contributed by atoms with Crippen molar-refractivity contribution in [1.29, 1.82) is 0 Å². The Morgan fingerprint density at radius 1 is 0.911 bits per heavy atom. The van der Waals surface area contributed by atoms with Gasteiger partial charge in [0.15, 0.2) is 0 Å². The molecule has 2 amide bonds. The standard InChI is InChI=1S/C34H42BrN3O6S/c1-4-32(34(40)36-27-9-7-6-8-10-27)37(23-25-11-17-29(43-3)18-12-25)33(39)24-38(28-15-19-30(20-16-28)44-5-2)45(41,42)31-21-13-26(35)14-22-31/h11-22,27,32H,4-10,23-24H2,1-3H3,(H,36,40)/t32-/m1/s1. The van der Waals surface area contributed by atoms with E-state index in [1.165, 1.54) is 17.0 Å². The van der Waals surface area contributed by atoms with E-state index in [4.69, 9.17) is 9.47 Å². The summed E-state index contributed by atoms with van der Waals surface area (Å²) in [6.07, 6.45) is 5.45. The van der Waals surface area contributed by atoms with Gasteiger partial charge in [-0.05, 0) is 92.4 Å². The van der Waals surface area contributed by atoms with Crippen LogP contribution in [0.25, 0.3) is 0 Å². The van der Waals surface area contributed by atoms with E-state index in [1.807, 2.05) is 26.0 Å². The number of nitrogens with one attached hydrogen (secondary N) is 1. The average molecular weight is 701 g/mol. The Hall–Kier alpha value is -3.57. The molecule has 0 aliphatic heterocycles. The van der Waals surface area contributed by atoms with Gasteiger partial charge in [0.25, 0.3) is 10.0 Å². The lowest BCUT2D eigenvalue weighted by Crippen LogP contribution is -2.54. The number of hydrogen-bond acceptors (Lipinski definition) is 6. The minimum Gasteiger partial charge on any atom is -0.497 e. The Labute approximate surface area is 275 Å². The van der Waals surface area contributed by atoms with Crippen molar-refractivity contribution in [3.8, 4) is 11.5 Å². The van der Waals surface area contributed by atoms with Crippen molar-refractivity contribution in [1.82, 2.24) is 10.2 Å². The summed E-state index contributed by atoms with van der Waals surface area (Å²) in [6.45, 7) is 3.80. The third kappa shape index (κ3) is 9.00. The Kier molecular flexibility index (Phi) is 12.3. The van der Waals surface area contributed by atoms with Gasteiger partial charge >= 0.3 is 0 Å². The van der Waals surface area contributed by atoms with Crippen LogP contribution in [0, 0.1) is 0 Å². The van der Waals surface area contributed by atoms with Gasteiger partial charge in [-0.25, -0.2) is 8.42 Å². The summed E-state index contributed by atoms with van der Waals surface area (Å²) < 4.78 is 40.9. The second-order valence-corrected chi connectivity index (χ2v) is 13.8. The number of halogens is 1. The van der Waals surface area contributed by atoms with Crippen LogP contribution in [-0.4, -0.2) is 57.5 Å². The summed E-state index contributed by atoms with van der Waals surface area (Å²) >= 11 is 3.36. The largest absolute Gasteiger partial charge is 0.497 e. The minimum atomic E-state index is -4.17. The number of rotatable bonds is 14. The highest BCUT2D eigenvalue weighted by Gasteiger charge is 2.34. The highest BCUT2D eigenvalue weighted by Crippen LogP contribution is 2.28. The molecule has 0 unspecified atom stereocenters. The van der Waals surface area contributed by atoms with Gasteiger partial charge in [-0.2, -0.15) is 0 Å². The first-order valence-electron chi connectivity index (χ1n) is 15.4. The second kappa shape index (κ2) is 16.1. The van der Waals surface area contributed by atoms with Crippen LogP contribution < -0.4 is 19.1 Å². The SMILES string of the molecule is CCOc1ccc(N(CC(=O)N(Cc2ccc(OC)cc2)[C@H](CC)C(=O)NC2CCCCC2)S(=O)(=O)c2ccc(Br)cc2)cc1. The van der Waals surface area contributed by atoms with Gasteiger partial charge in [-0.15, -0.1) is 0 Å². The molecule has 0 heterocycles. The number of benzene rings is 3. The summed E-state index contributed by atoms with van der Waals surface area (Å²) in [4.78, 5) is 29.6. The first-order valence-corrected chi connectivity index (χ1v) is 17.6. The molecular formula is C34H42BrN3O6S. The van der Waals surface area contributed by atoms with Crippen LogP contribution >= 0.6 is 15.9 Å². The molecule has 1 atom stereocenters. The summed E-state index contributed by atoms with van der Waals surface area (Å²) in [7, 11) is -2.60. The zero-order valence-corrected chi connectivity index (χ0v) is 28.5. The summed E-state index contributed by atoms with van der Waals surface area (Å²) in [5.74, 6) is 0.529. The second-order valence-electron chi connectivity index (χ2n) is 11.0. The Bertz CT molecular complexity index is 1510. The van der Waals surface area contributed by atoms with Gasteiger partial charge < -0.3 is 19.7 Å². The number of carbonyl (C=O) groups is 2. The number of nitrogens with zero attached hydrogens (tertiary/aromatic N) is 2. The lowest BCUT2D eigenvalue weighted by Gasteiger charge is -2.34. The van der Waals surface area contributed by atoms with E-state index < -0.39 is 28.5 Å². The number of ether oxygens (including phenoxy) is 2. The van der Waals surface area contributed by atoms with E-state index in [2.05, 4.69) is 21.2 Å². The van der Waals surface area contributed by atoms with E-state index in [0.29, 0.717) is 30.2 Å². The van der Waals surface area contributed by atoms with E-state index in [-0.39, 0.29) is 23.4 Å². The molecule has 9 nitrogen and oxygen atoms in total. The van der Waals surface area contributed by atoms with Crippen LogP contribution in [0.4, 0.5) is 5.69 Å². The molecule has 1 saturated carbocycles. The molecule has 4 rings (SSSR count). The lowest BCUT2D eigenvalue weighted by molar-refractivity contribution is -0.140. The first kappa shape index (κ1) is 34.3. The van der Waals surface area contributed by atoms with E-state index in [1.54, 1.807) is 55.6 Å². The van der Waals surface area contributed by atoms with Crippen molar-refractivity contribution in [3.63, 3.8) is 0 Å². The highest BCUT2D eigenvalue weighted by molar-refractivity contribution is 9.10. The predicted molar refractivity (Wildman–Crippen MR) is 179 cm³/mol. The Balaban J connectivity index is 1.70. The van der Waals surface area contributed by atoms with Crippen molar-refractivity contribution < 1.29 is 27.5 Å². The molecule has 3 aromatic carbocycles. The number of sulfonamides is 1. The van der Waals surface area contributed by atoms with Gasteiger partial charge in [-0.1, -0.05) is 54.2 Å². The minimum absolute atomic E-state index is 0.0381. The van der Waals surface area contributed by atoms with Gasteiger partial charge in [0.05, 0.1) is 24.3 Å². The van der Waals surface area contributed by atoms with Crippen LogP contribution in [0.3, 0.4) is 0 Å². The number of hydrogen-bond donors (Lipinski definition) is 1. The average Bonchev–Trinajstić information content (AvgIpc) is 3.05.